The van der Waals surface area contributed by atoms with Crippen LogP contribution in [0.4, 0.5) is 0 Å². The molecule has 3 heterocycles. The first-order valence-corrected chi connectivity index (χ1v) is 11.2. The maximum Gasteiger partial charge on any atom is 0.340 e. The number of benzene rings is 1. The summed E-state index contributed by atoms with van der Waals surface area (Å²) < 4.78 is 22.8. The average molecular weight is 445 g/mol. The van der Waals surface area contributed by atoms with Gasteiger partial charge in [-0.25, -0.2) is 4.79 Å². The highest BCUT2D eigenvalue weighted by molar-refractivity contribution is 5.93. The van der Waals surface area contributed by atoms with Gasteiger partial charge >= 0.3 is 5.63 Å². The number of ether oxygens (including phenoxy) is 3. The van der Waals surface area contributed by atoms with Gasteiger partial charge < -0.3 is 23.9 Å². The molecule has 1 amide bonds. The van der Waals surface area contributed by atoms with Crippen molar-refractivity contribution in [2.75, 3.05) is 46.5 Å². The number of hydrogen-bond acceptors (Lipinski definition) is 7. The summed E-state index contributed by atoms with van der Waals surface area (Å²) in [6.45, 7) is 10.4. The molecule has 0 unspecified atom stereocenters. The van der Waals surface area contributed by atoms with Gasteiger partial charge in [0, 0.05) is 37.8 Å². The standard InChI is InChI=1S/C24H32N2O6/c1-15-17(13-20(27)25-7-8-26-9-11-30-12-10-26)23(28)31-22-16-5-6-24(2,3)32-18(16)14-19(29-4)21(15)22/h14H,5-13H2,1-4H3,(H,25,27). The topological polar surface area (TPSA) is 90.2 Å². The summed E-state index contributed by atoms with van der Waals surface area (Å²) in [4.78, 5) is 27.7. The normalized spacial score (nSPS) is 18.1. The number of morpholine rings is 1. The van der Waals surface area contributed by atoms with Crippen molar-refractivity contribution in [2.24, 2.45) is 0 Å². The molecule has 1 N–H and O–H groups in total. The second-order valence-corrected chi connectivity index (χ2v) is 9.10. The van der Waals surface area contributed by atoms with Gasteiger partial charge in [0.25, 0.3) is 0 Å². The monoisotopic (exact) mass is 444 g/mol. The minimum Gasteiger partial charge on any atom is -0.496 e. The molecular weight excluding hydrogens is 412 g/mol. The van der Waals surface area contributed by atoms with Crippen LogP contribution in [0.1, 0.15) is 37.0 Å². The van der Waals surface area contributed by atoms with Gasteiger partial charge in [0.15, 0.2) is 0 Å². The summed E-state index contributed by atoms with van der Waals surface area (Å²) in [7, 11) is 1.58. The van der Waals surface area contributed by atoms with Gasteiger partial charge in [0.2, 0.25) is 5.91 Å². The van der Waals surface area contributed by atoms with Crippen LogP contribution < -0.4 is 20.4 Å². The fourth-order valence-electron chi connectivity index (χ4n) is 4.45. The maximum absolute atomic E-state index is 12.9. The molecule has 8 heteroatoms. The minimum absolute atomic E-state index is 0.0308. The van der Waals surface area contributed by atoms with Crippen LogP contribution >= 0.6 is 0 Å². The maximum atomic E-state index is 12.9. The van der Waals surface area contributed by atoms with E-state index >= 15 is 0 Å². The molecule has 2 aliphatic rings. The molecule has 0 bridgehead atoms. The molecule has 2 aromatic rings. The Hall–Kier alpha value is -2.58. The lowest BCUT2D eigenvalue weighted by atomic mass is 9.91. The molecule has 2 aliphatic heterocycles. The predicted octanol–water partition coefficient (Wildman–Crippen LogP) is 2.20. The smallest absolute Gasteiger partial charge is 0.340 e. The summed E-state index contributed by atoms with van der Waals surface area (Å²) in [5.74, 6) is 1.06. The second kappa shape index (κ2) is 9.11. The number of carbonyl (C=O) groups is 1. The van der Waals surface area contributed by atoms with Crippen molar-refractivity contribution >= 4 is 16.9 Å². The van der Waals surface area contributed by atoms with Crippen LogP contribution in [0.2, 0.25) is 0 Å². The molecule has 174 valence electrons. The molecular formula is C24H32N2O6. The van der Waals surface area contributed by atoms with Crippen molar-refractivity contribution in [2.45, 2.75) is 45.6 Å². The Morgan fingerprint density at radius 1 is 1.28 bits per heavy atom. The SMILES string of the molecule is COc1cc2c(c3oc(=O)c(CC(=O)NCCN4CCOCC4)c(C)c13)CCC(C)(C)O2. The molecule has 1 aromatic carbocycles. The molecule has 8 nitrogen and oxygen atoms in total. The fourth-order valence-corrected chi connectivity index (χ4v) is 4.45. The molecule has 0 atom stereocenters. The van der Waals surface area contributed by atoms with E-state index in [0.717, 1.165) is 56.6 Å². The summed E-state index contributed by atoms with van der Waals surface area (Å²) in [6.07, 6.45) is 1.53. The van der Waals surface area contributed by atoms with E-state index in [2.05, 4.69) is 10.2 Å². The predicted molar refractivity (Wildman–Crippen MR) is 121 cm³/mol. The zero-order chi connectivity index (χ0) is 22.9. The Bertz CT molecular complexity index is 1070. The molecule has 4 rings (SSSR count). The number of carbonyl (C=O) groups excluding carboxylic acids is 1. The Morgan fingerprint density at radius 2 is 2.03 bits per heavy atom. The van der Waals surface area contributed by atoms with Crippen LogP contribution in [-0.2, 0) is 22.4 Å². The van der Waals surface area contributed by atoms with E-state index in [1.54, 1.807) is 7.11 Å². The average Bonchev–Trinajstić information content (AvgIpc) is 2.75. The minimum atomic E-state index is -0.487. The molecule has 1 aromatic heterocycles. The number of aryl methyl sites for hydroxylation is 2. The van der Waals surface area contributed by atoms with E-state index in [9.17, 15) is 9.59 Å². The van der Waals surface area contributed by atoms with Gasteiger partial charge in [-0.15, -0.1) is 0 Å². The first-order valence-electron chi connectivity index (χ1n) is 11.2. The van der Waals surface area contributed by atoms with Gasteiger partial charge in [-0.2, -0.15) is 0 Å². The summed E-state index contributed by atoms with van der Waals surface area (Å²) >= 11 is 0. The first-order chi connectivity index (χ1) is 15.3. The number of hydrogen-bond donors (Lipinski definition) is 1. The van der Waals surface area contributed by atoms with Crippen LogP contribution in [0, 0.1) is 6.92 Å². The summed E-state index contributed by atoms with van der Waals surface area (Å²) in [5.41, 5.74) is 1.66. The zero-order valence-electron chi connectivity index (χ0n) is 19.3. The molecule has 32 heavy (non-hydrogen) atoms. The van der Waals surface area contributed by atoms with E-state index in [1.807, 2.05) is 26.8 Å². The second-order valence-electron chi connectivity index (χ2n) is 9.10. The van der Waals surface area contributed by atoms with Crippen molar-refractivity contribution < 1.29 is 23.4 Å². The molecule has 0 radical (unpaired) electrons. The van der Waals surface area contributed by atoms with Crippen LogP contribution in [0.5, 0.6) is 11.5 Å². The van der Waals surface area contributed by atoms with E-state index < -0.39 is 5.63 Å². The van der Waals surface area contributed by atoms with Crippen molar-refractivity contribution in [1.29, 1.82) is 0 Å². The zero-order valence-corrected chi connectivity index (χ0v) is 19.3. The highest BCUT2D eigenvalue weighted by atomic mass is 16.5. The first kappa shape index (κ1) is 22.6. The van der Waals surface area contributed by atoms with E-state index in [-0.39, 0.29) is 17.9 Å². The Balaban J connectivity index is 1.57. The summed E-state index contributed by atoms with van der Waals surface area (Å²) in [5, 5.41) is 3.64. The fraction of sp³-hybridized carbons (Fsp3) is 0.583. The Morgan fingerprint density at radius 3 is 2.75 bits per heavy atom. The lowest BCUT2D eigenvalue weighted by Crippen LogP contribution is -2.41. The number of nitrogens with zero attached hydrogens (tertiary/aromatic N) is 1. The quantitative estimate of drug-likeness (QED) is 0.683. The Labute approximate surface area is 187 Å². The van der Waals surface area contributed by atoms with Crippen LogP contribution in [0.25, 0.3) is 11.0 Å². The highest BCUT2D eigenvalue weighted by Gasteiger charge is 2.31. The molecule has 1 fully saturated rings. The van der Waals surface area contributed by atoms with Crippen molar-refractivity contribution in [3.8, 4) is 11.5 Å². The van der Waals surface area contributed by atoms with Crippen LogP contribution in [-0.4, -0.2) is 62.9 Å². The molecule has 0 aliphatic carbocycles. The van der Waals surface area contributed by atoms with Gasteiger partial charge in [0.05, 0.1) is 37.7 Å². The number of methoxy groups -OCH3 is 1. The third-order valence-electron chi connectivity index (χ3n) is 6.35. The molecule has 1 saturated heterocycles. The molecule has 0 saturated carbocycles. The number of rotatable bonds is 6. The van der Waals surface area contributed by atoms with Gasteiger partial charge in [-0.05, 0) is 39.2 Å². The summed E-state index contributed by atoms with van der Waals surface area (Å²) in [6, 6.07) is 1.86. The number of fused-ring (bicyclic) bond motifs is 3. The van der Waals surface area contributed by atoms with Crippen LogP contribution in [0.15, 0.2) is 15.3 Å². The van der Waals surface area contributed by atoms with Crippen LogP contribution in [0.3, 0.4) is 0 Å². The number of amides is 1. The van der Waals surface area contributed by atoms with E-state index in [4.69, 9.17) is 18.6 Å². The number of nitrogens with one attached hydrogen (secondary N) is 1. The third-order valence-corrected chi connectivity index (χ3v) is 6.35. The molecule has 0 spiro atoms. The Kier molecular flexibility index (Phi) is 6.44. The lowest BCUT2D eigenvalue weighted by molar-refractivity contribution is -0.120. The van der Waals surface area contributed by atoms with Crippen molar-refractivity contribution in [3.63, 3.8) is 0 Å². The largest absolute Gasteiger partial charge is 0.496 e. The van der Waals surface area contributed by atoms with Gasteiger partial charge in [0.1, 0.15) is 22.7 Å². The third kappa shape index (κ3) is 4.61. The van der Waals surface area contributed by atoms with Crippen molar-refractivity contribution in [3.05, 3.63) is 33.2 Å². The highest BCUT2D eigenvalue weighted by Crippen LogP contribution is 2.43. The van der Waals surface area contributed by atoms with Crippen molar-refractivity contribution in [1.82, 2.24) is 10.2 Å². The lowest BCUT2D eigenvalue weighted by Gasteiger charge is -2.33. The van der Waals surface area contributed by atoms with Gasteiger partial charge in [-0.1, -0.05) is 0 Å². The van der Waals surface area contributed by atoms with Gasteiger partial charge in [-0.3, -0.25) is 9.69 Å². The van der Waals surface area contributed by atoms with E-state index in [0.29, 0.717) is 34.8 Å². The van der Waals surface area contributed by atoms with E-state index in [1.165, 1.54) is 0 Å².